The van der Waals surface area contributed by atoms with Gasteiger partial charge in [0.2, 0.25) is 11.8 Å². The predicted octanol–water partition coefficient (Wildman–Crippen LogP) is 4.48. The summed E-state index contributed by atoms with van der Waals surface area (Å²) >= 11 is 0. The number of imide groups is 2. The lowest BCUT2D eigenvalue weighted by atomic mass is 9.80. The Hall–Kier alpha value is -5.34. The number of piperazine rings is 1. The van der Waals surface area contributed by atoms with Crippen molar-refractivity contribution in [3.8, 4) is 11.3 Å². The number of anilines is 2. The Morgan fingerprint density at radius 3 is 2.42 bits per heavy atom. The maximum Gasteiger partial charge on any atom is 0.410 e. The summed E-state index contributed by atoms with van der Waals surface area (Å²) in [5.41, 5.74) is 3.91. The van der Waals surface area contributed by atoms with Gasteiger partial charge in [-0.05, 0) is 77.0 Å². The van der Waals surface area contributed by atoms with Crippen LogP contribution in [0, 0.1) is 11.7 Å². The standard InChI is InChI=1S/C38H43FN8O6/c1-38(2,3)53-37(52)45-12-10-44(11-13-45)30-16-23(39)19-41-33(30)28-20-46(43-32(28)22-4-5-22)25-14-21(15-25)18-40-24-6-7-26-27(17-24)36(51)47(35(26)50)29-8-9-31(48)42-34(29)49/h6-7,16-17,19-22,25,29,40H,4-5,8-15,18H2,1-3H3,(H,42,48,49). The second-order valence-electron chi connectivity index (χ2n) is 15.7. The number of nitrogens with zero attached hydrogens (tertiary/aromatic N) is 6. The Balaban J connectivity index is 0.914. The summed E-state index contributed by atoms with van der Waals surface area (Å²) in [4.78, 5) is 72.3. The summed E-state index contributed by atoms with van der Waals surface area (Å²) in [7, 11) is 0. The van der Waals surface area contributed by atoms with Crippen molar-refractivity contribution in [2.75, 3.05) is 42.9 Å². The molecule has 1 atom stereocenters. The molecule has 2 aliphatic carbocycles. The zero-order chi connectivity index (χ0) is 37.2. The minimum absolute atomic E-state index is 0.0706. The van der Waals surface area contributed by atoms with Crippen LogP contribution in [0.1, 0.15) is 97.7 Å². The van der Waals surface area contributed by atoms with Gasteiger partial charge in [-0.3, -0.25) is 39.1 Å². The molecule has 2 aromatic heterocycles. The van der Waals surface area contributed by atoms with Crippen LogP contribution in [0.2, 0.25) is 0 Å². The quantitative estimate of drug-likeness (QED) is 0.317. The number of halogens is 1. The van der Waals surface area contributed by atoms with Crippen molar-refractivity contribution in [3.63, 3.8) is 0 Å². The first kappa shape index (κ1) is 34.7. The number of hydrogen-bond donors (Lipinski definition) is 2. The minimum atomic E-state index is -1.00. The average Bonchev–Trinajstić information content (AvgIpc) is 3.81. The van der Waals surface area contributed by atoms with Crippen molar-refractivity contribution < 1.29 is 33.1 Å². The molecule has 5 aliphatic rings. The fourth-order valence-electron chi connectivity index (χ4n) is 7.69. The van der Waals surface area contributed by atoms with Gasteiger partial charge in [-0.2, -0.15) is 5.10 Å². The third kappa shape index (κ3) is 6.84. The van der Waals surface area contributed by atoms with Crippen LogP contribution in [-0.4, -0.2) is 98.7 Å². The number of carbonyl (C=O) groups is 5. The molecule has 3 aliphatic heterocycles. The van der Waals surface area contributed by atoms with E-state index in [1.54, 1.807) is 23.1 Å². The first-order chi connectivity index (χ1) is 25.3. The number of hydrogen-bond acceptors (Lipinski definition) is 10. The lowest BCUT2D eigenvalue weighted by Crippen LogP contribution is -2.54. The molecule has 2 N–H and O–H groups in total. The first-order valence-electron chi connectivity index (χ1n) is 18.4. The number of amides is 5. The van der Waals surface area contributed by atoms with E-state index in [0.29, 0.717) is 61.6 Å². The molecule has 3 aromatic rings. The lowest BCUT2D eigenvalue weighted by molar-refractivity contribution is -0.136. The van der Waals surface area contributed by atoms with Gasteiger partial charge in [0, 0.05) is 68.6 Å². The molecule has 15 heteroatoms. The summed E-state index contributed by atoms with van der Waals surface area (Å²) in [5.74, 6) is -1.83. The van der Waals surface area contributed by atoms with Gasteiger partial charge in [0.1, 0.15) is 17.5 Å². The van der Waals surface area contributed by atoms with Gasteiger partial charge in [0.05, 0.1) is 40.4 Å². The Morgan fingerprint density at radius 2 is 1.72 bits per heavy atom. The molecule has 0 radical (unpaired) electrons. The van der Waals surface area contributed by atoms with Crippen molar-refractivity contribution in [2.24, 2.45) is 5.92 Å². The molecule has 8 rings (SSSR count). The smallest absolute Gasteiger partial charge is 0.410 e. The molecule has 0 bridgehead atoms. The van der Waals surface area contributed by atoms with Crippen molar-refractivity contribution in [2.45, 2.75) is 82.9 Å². The highest BCUT2D eigenvalue weighted by molar-refractivity contribution is 6.23. The number of aromatic nitrogens is 3. The van der Waals surface area contributed by atoms with E-state index in [0.717, 1.165) is 41.8 Å². The highest BCUT2D eigenvalue weighted by atomic mass is 19.1. The molecule has 2 saturated heterocycles. The molecule has 0 spiro atoms. The van der Waals surface area contributed by atoms with Gasteiger partial charge in [-0.25, -0.2) is 9.18 Å². The fraction of sp³-hybridized carbons (Fsp3) is 0.500. The van der Waals surface area contributed by atoms with Crippen molar-refractivity contribution in [1.82, 2.24) is 29.9 Å². The maximum atomic E-state index is 14.7. The zero-order valence-electron chi connectivity index (χ0n) is 30.1. The van der Waals surface area contributed by atoms with Crippen LogP contribution in [0.4, 0.5) is 20.6 Å². The normalized spacial score (nSPS) is 23.2. The van der Waals surface area contributed by atoms with E-state index in [4.69, 9.17) is 9.84 Å². The molecule has 2 saturated carbocycles. The minimum Gasteiger partial charge on any atom is -0.444 e. The van der Waals surface area contributed by atoms with Crippen molar-refractivity contribution in [3.05, 3.63) is 59.3 Å². The highest BCUT2D eigenvalue weighted by Gasteiger charge is 2.45. The summed E-state index contributed by atoms with van der Waals surface area (Å²) in [5, 5.41) is 10.7. The zero-order valence-corrected chi connectivity index (χ0v) is 30.1. The van der Waals surface area contributed by atoms with E-state index in [1.165, 1.54) is 12.3 Å². The molecular weight excluding hydrogens is 683 g/mol. The van der Waals surface area contributed by atoms with Gasteiger partial charge < -0.3 is 19.9 Å². The molecule has 1 unspecified atom stereocenters. The summed E-state index contributed by atoms with van der Waals surface area (Å²) in [6.07, 6.45) is 7.02. The van der Waals surface area contributed by atoms with Gasteiger partial charge in [-0.1, -0.05) is 0 Å². The van der Waals surface area contributed by atoms with E-state index in [-0.39, 0.29) is 36.1 Å². The van der Waals surface area contributed by atoms with E-state index in [1.807, 2.05) is 25.5 Å². The summed E-state index contributed by atoms with van der Waals surface area (Å²) < 4.78 is 22.3. The molecule has 1 aromatic carbocycles. The van der Waals surface area contributed by atoms with Gasteiger partial charge in [0.15, 0.2) is 0 Å². The number of benzene rings is 1. The number of pyridine rings is 1. The number of fused-ring (bicyclic) bond motifs is 1. The monoisotopic (exact) mass is 726 g/mol. The average molecular weight is 727 g/mol. The Bertz CT molecular complexity index is 2010. The van der Waals surface area contributed by atoms with Crippen molar-refractivity contribution in [1.29, 1.82) is 0 Å². The second kappa shape index (κ2) is 13.3. The fourth-order valence-corrected chi connectivity index (χ4v) is 7.69. The van der Waals surface area contributed by atoms with E-state index >= 15 is 0 Å². The largest absolute Gasteiger partial charge is 0.444 e. The molecule has 14 nitrogen and oxygen atoms in total. The van der Waals surface area contributed by atoms with E-state index < -0.39 is 41.1 Å². The molecule has 4 fully saturated rings. The predicted molar refractivity (Wildman–Crippen MR) is 191 cm³/mol. The van der Waals surface area contributed by atoms with Gasteiger partial charge >= 0.3 is 6.09 Å². The molecular formula is C38H43FN8O6. The number of rotatable bonds is 8. The van der Waals surface area contributed by atoms with Crippen LogP contribution < -0.4 is 15.5 Å². The van der Waals surface area contributed by atoms with Crippen LogP contribution >= 0.6 is 0 Å². The number of carbonyl (C=O) groups excluding carboxylic acids is 5. The van der Waals surface area contributed by atoms with Crippen LogP contribution in [0.5, 0.6) is 0 Å². The van der Waals surface area contributed by atoms with E-state index in [9.17, 15) is 28.4 Å². The van der Waals surface area contributed by atoms with Crippen LogP contribution in [-0.2, 0) is 14.3 Å². The molecule has 278 valence electrons. The Labute approximate surface area is 306 Å². The summed E-state index contributed by atoms with van der Waals surface area (Å²) in [6, 6.07) is 5.75. The third-order valence-electron chi connectivity index (χ3n) is 10.7. The Kier molecular flexibility index (Phi) is 8.69. The number of nitrogens with one attached hydrogen (secondary N) is 2. The van der Waals surface area contributed by atoms with Crippen LogP contribution in [0.3, 0.4) is 0 Å². The third-order valence-corrected chi connectivity index (χ3v) is 10.7. The molecule has 53 heavy (non-hydrogen) atoms. The lowest BCUT2D eigenvalue weighted by Gasteiger charge is -2.37. The maximum absolute atomic E-state index is 14.7. The van der Waals surface area contributed by atoms with Gasteiger partial charge in [-0.15, -0.1) is 0 Å². The summed E-state index contributed by atoms with van der Waals surface area (Å²) in [6.45, 7) is 8.15. The molecule has 5 heterocycles. The first-order valence-corrected chi connectivity index (χ1v) is 18.4. The van der Waals surface area contributed by atoms with E-state index in [2.05, 4.69) is 26.7 Å². The number of piperidine rings is 1. The highest BCUT2D eigenvalue weighted by Crippen LogP contribution is 2.47. The van der Waals surface area contributed by atoms with Gasteiger partial charge in [0.25, 0.3) is 11.8 Å². The SMILES string of the molecule is CC(C)(C)OC(=O)N1CCN(c2cc(F)cnc2-c2cn(C3CC(CNc4ccc5c(c4)C(=O)N(C4CCC(=O)NC4=O)C5=O)C3)nc2C2CC2)CC1. The molecule has 5 amide bonds. The Morgan fingerprint density at radius 1 is 0.981 bits per heavy atom. The topological polar surface area (TPSA) is 159 Å². The van der Waals surface area contributed by atoms with Crippen LogP contribution in [0.25, 0.3) is 11.3 Å². The van der Waals surface area contributed by atoms with Crippen molar-refractivity contribution >= 4 is 41.1 Å². The van der Waals surface area contributed by atoms with Crippen LogP contribution in [0.15, 0.2) is 36.7 Å². The second-order valence-corrected chi connectivity index (χ2v) is 15.7. The number of ether oxygens (including phenoxy) is 1.